The summed E-state index contributed by atoms with van der Waals surface area (Å²) in [6.45, 7) is 0. The fraction of sp³-hybridized carbons (Fsp3) is 0.700. The van der Waals surface area contributed by atoms with Crippen LogP contribution in [0.5, 0.6) is 0 Å². The molecule has 0 radical (unpaired) electrons. The molecular formula is C10H14O. The standard InChI is InChI=1S/C10H14O/c11-10-7-3-5-8-4-1-2-6-9(8)10/h1,4,8-9H,2-3,5-7H2/t8-,9+/m0/s1. The van der Waals surface area contributed by atoms with Crippen LogP contribution >= 0.6 is 0 Å². The molecule has 0 aromatic rings. The molecule has 0 aromatic carbocycles. The average Bonchev–Trinajstić information content (AvgIpc) is 2.06. The molecule has 2 aliphatic carbocycles. The lowest BCUT2D eigenvalue weighted by atomic mass is 9.73. The number of rotatable bonds is 0. The van der Waals surface area contributed by atoms with Crippen LogP contribution in [0.2, 0.25) is 0 Å². The van der Waals surface area contributed by atoms with Crippen molar-refractivity contribution in [1.82, 2.24) is 0 Å². The van der Waals surface area contributed by atoms with Gasteiger partial charge in [-0.3, -0.25) is 4.79 Å². The van der Waals surface area contributed by atoms with Crippen LogP contribution in [0.25, 0.3) is 0 Å². The molecule has 60 valence electrons. The minimum absolute atomic E-state index is 0.397. The lowest BCUT2D eigenvalue weighted by molar-refractivity contribution is -0.126. The van der Waals surface area contributed by atoms with Gasteiger partial charge in [-0.25, -0.2) is 0 Å². The predicted molar refractivity (Wildman–Crippen MR) is 44.2 cm³/mol. The molecule has 0 aromatic heterocycles. The Morgan fingerprint density at radius 3 is 3.09 bits per heavy atom. The fourth-order valence-electron chi connectivity index (χ4n) is 2.29. The van der Waals surface area contributed by atoms with Crippen molar-refractivity contribution in [2.24, 2.45) is 11.8 Å². The van der Waals surface area contributed by atoms with Gasteiger partial charge in [-0.05, 0) is 31.6 Å². The first-order valence-corrected chi connectivity index (χ1v) is 4.57. The van der Waals surface area contributed by atoms with E-state index in [2.05, 4.69) is 12.2 Å². The Labute approximate surface area is 67.5 Å². The van der Waals surface area contributed by atoms with E-state index in [1.165, 1.54) is 6.42 Å². The van der Waals surface area contributed by atoms with Crippen LogP contribution in [0.4, 0.5) is 0 Å². The van der Waals surface area contributed by atoms with Crippen LogP contribution in [-0.4, -0.2) is 5.78 Å². The fourth-order valence-corrected chi connectivity index (χ4v) is 2.29. The van der Waals surface area contributed by atoms with E-state index in [9.17, 15) is 4.79 Å². The van der Waals surface area contributed by atoms with E-state index in [-0.39, 0.29) is 0 Å². The molecular weight excluding hydrogens is 136 g/mol. The van der Waals surface area contributed by atoms with Crippen LogP contribution in [-0.2, 0) is 4.79 Å². The summed E-state index contributed by atoms with van der Waals surface area (Å²) >= 11 is 0. The van der Waals surface area contributed by atoms with Gasteiger partial charge in [-0.1, -0.05) is 12.2 Å². The first-order chi connectivity index (χ1) is 5.38. The van der Waals surface area contributed by atoms with Crippen molar-refractivity contribution < 1.29 is 4.79 Å². The highest BCUT2D eigenvalue weighted by atomic mass is 16.1. The van der Waals surface area contributed by atoms with Crippen molar-refractivity contribution >= 4 is 5.78 Å². The van der Waals surface area contributed by atoms with E-state index in [1.807, 2.05) is 0 Å². The van der Waals surface area contributed by atoms with Crippen LogP contribution in [0.15, 0.2) is 12.2 Å². The molecule has 0 saturated heterocycles. The summed E-state index contributed by atoms with van der Waals surface area (Å²) in [6.07, 6.45) is 9.92. The maximum absolute atomic E-state index is 11.4. The maximum Gasteiger partial charge on any atom is 0.136 e. The molecule has 1 heteroatoms. The highest BCUT2D eigenvalue weighted by Gasteiger charge is 2.30. The van der Waals surface area contributed by atoms with Crippen molar-refractivity contribution in [1.29, 1.82) is 0 Å². The number of ketones is 1. The third-order valence-corrected chi connectivity index (χ3v) is 2.92. The molecule has 0 amide bonds. The van der Waals surface area contributed by atoms with E-state index in [4.69, 9.17) is 0 Å². The number of hydrogen-bond acceptors (Lipinski definition) is 1. The van der Waals surface area contributed by atoms with E-state index < -0.39 is 0 Å². The molecule has 0 spiro atoms. The molecule has 2 aliphatic rings. The van der Waals surface area contributed by atoms with Gasteiger partial charge in [0.25, 0.3) is 0 Å². The van der Waals surface area contributed by atoms with E-state index >= 15 is 0 Å². The Hall–Kier alpha value is -0.590. The van der Waals surface area contributed by atoms with Crippen LogP contribution in [0.3, 0.4) is 0 Å². The van der Waals surface area contributed by atoms with Gasteiger partial charge in [-0.15, -0.1) is 0 Å². The molecule has 0 unspecified atom stereocenters. The van der Waals surface area contributed by atoms with Crippen LogP contribution in [0, 0.1) is 11.8 Å². The van der Waals surface area contributed by atoms with Crippen molar-refractivity contribution in [3.63, 3.8) is 0 Å². The average molecular weight is 150 g/mol. The normalized spacial score (nSPS) is 36.9. The Bertz CT molecular complexity index is 193. The smallest absolute Gasteiger partial charge is 0.136 e. The van der Waals surface area contributed by atoms with E-state index in [1.54, 1.807) is 0 Å². The van der Waals surface area contributed by atoms with Crippen LogP contribution < -0.4 is 0 Å². The Kier molecular flexibility index (Phi) is 1.80. The minimum atomic E-state index is 0.397. The summed E-state index contributed by atoms with van der Waals surface area (Å²) in [6, 6.07) is 0. The summed E-state index contributed by atoms with van der Waals surface area (Å²) in [4.78, 5) is 11.4. The topological polar surface area (TPSA) is 17.1 Å². The number of hydrogen-bond donors (Lipinski definition) is 0. The molecule has 1 fully saturated rings. The van der Waals surface area contributed by atoms with Gasteiger partial charge in [0.1, 0.15) is 5.78 Å². The SMILES string of the molecule is O=C1CCC[C@@H]2C=CCC[C@@H]12. The zero-order valence-corrected chi connectivity index (χ0v) is 6.75. The second-order valence-corrected chi connectivity index (χ2v) is 3.63. The molecule has 0 N–H and O–H groups in total. The number of Topliss-reactive ketones (excluding diaryl/α,β-unsaturated/α-hetero) is 1. The lowest BCUT2D eigenvalue weighted by Crippen LogP contribution is -2.28. The monoisotopic (exact) mass is 150 g/mol. The third kappa shape index (κ3) is 1.24. The van der Waals surface area contributed by atoms with Gasteiger partial charge >= 0.3 is 0 Å². The van der Waals surface area contributed by atoms with Gasteiger partial charge in [0.15, 0.2) is 0 Å². The zero-order chi connectivity index (χ0) is 7.68. The highest BCUT2D eigenvalue weighted by molar-refractivity contribution is 5.82. The minimum Gasteiger partial charge on any atom is -0.299 e. The van der Waals surface area contributed by atoms with E-state index in [0.29, 0.717) is 17.6 Å². The molecule has 0 heterocycles. The Balaban J connectivity index is 2.15. The molecule has 11 heavy (non-hydrogen) atoms. The summed E-state index contributed by atoms with van der Waals surface area (Å²) < 4.78 is 0. The number of allylic oxidation sites excluding steroid dienone is 2. The van der Waals surface area contributed by atoms with Gasteiger partial charge in [0.2, 0.25) is 0 Å². The first kappa shape index (κ1) is 7.08. The van der Waals surface area contributed by atoms with Crippen LogP contribution in [0.1, 0.15) is 32.1 Å². The van der Waals surface area contributed by atoms with Crippen molar-refractivity contribution in [2.75, 3.05) is 0 Å². The van der Waals surface area contributed by atoms with Gasteiger partial charge < -0.3 is 0 Å². The molecule has 2 atom stereocenters. The maximum atomic E-state index is 11.4. The number of carbonyl (C=O) groups excluding carboxylic acids is 1. The summed E-state index contributed by atoms with van der Waals surface area (Å²) in [5.41, 5.74) is 0. The number of carbonyl (C=O) groups is 1. The van der Waals surface area contributed by atoms with Crippen molar-refractivity contribution in [3.8, 4) is 0 Å². The van der Waals surface area contributed by atoms with Crippen molar-refractivity contribution in [2.45, 2.75) is 32.1 Å². The van der Waals surface area contributed by atoms with Gasteiger partial charge in [0, 0.05) is 12.3 Å². The molecule has 2 rings (SSSR count). The lowest BCUT2D eigenvalue weighted by Gasteiger charge is -2.30. The second kappa shape index (κ2) is 2.80. The Morgan fingerprint density at radius 2 is 2.27 bits per heavy atom. The summed E-state index contributed by atoms with van der Waals surface area (Å²) in [5, 5.41) is 0. The highest BCUT2D eigenvalue weighted by Crippen LogP contribution is 2.34. The second-order valence-electron chi connectivity index (χ2n) is 3.63. The summed E-state index contributed by atoms with van der Waals surface area (Å²) in [7, 11) is 0. The zero-order valence-electron chi connectivity index (χ0n) is 6.75. The van der Waals surface area contributed by atoms with Gasteiger partial charge in [-0.2, -0.15) is 0 Å². The first-order valence-electron chi connectivity index (χ1n) is 4.57. The molecule has 0 bridgehead atoms. The summed E-state index contributed by atoms with van der Waals surface area (Å²) in [5.74, 6) is 1.52. The number of fused-ring (bicyclic) bond motifs is 1. The quantitative estimate of drug-likeness (QED) is 0.484. The third-order valence-electron chi connectivity index (χ3n) is 2.92. The predicted octanol–water partition coefficient (Wildman–Crippen LogP) is 2.32. The largest absolute Gasteiger partial charge is 0.299 e. The van der Waals surface area contributed by atoms with Gasteiger partial charge in [0.05, 0.1) is 0 Å². The van der Waals surface area contributed by atoms with E-state index in [0.717, 1.165) is 25.7 Å². The Morgan fingerprint density at radius 1 is 1.36 bits per heavy atom. The van der Waals surface area contributed by atoms with Crippen molar-refractivity contribution in [3.05, 3.63) is 12.2 Å². The molecule has 0 aliphatic heterocycles. The molecule has 1 nitrogen and oxygen atoms in total. The molecule has 1 saturated carbocycles.